The van der Waals surface area contributed by atoms with Crippen molar-refractivity contribution in [3.05, 3.63) is 29.8 Å². The number of aryl methyl sites for hydroxylation is 1. The molecule has 1 aromatic rings. The Morgan fingerprint density at radius 2 is 1.65 bits per heavy atom. The van der Waals surface area contributed by atoms with Crippen LogP contribution in [0.2, 0.25) is 0 Å². The van der Waals surface area contributed by atoms with Gasteiger partial charge in [0.2, 0.25) is 5.91 Å². The average Bonchev–Trinajstić information content (AvgIpc) is 2.27. The van der Waals surface area contributed by atoms with Gasteiger partial charge in [0.25, 0.3) is 0 Å². The van der Waals surface area contributed by atoms with Crippen LogP contribution in [0.1, 0.15) is 19.4 Å². The summed E-state index contributed by atoms with van der Waals surface area (Å²) in [5.74, 6) is -1.56. The second-order valence-electron chi connectivity index (χ2n) is 4.63. The monoisotopic (exact) mass is 235 g/mol. The minimum Gasteiger partial charge on any atom is -0.480 e. The Bertz CT molecular complexity index is 434. The first-order chi connectivity index (χ1) is 7.76. The highest BCUT2D eigenvalue weighted by molar-refractivity contribution is 6.08. The van der Waals surface area contributed by atoms with Crippen molar-refractivity contribution in [3.63, 3.8) is 0 Å². The number of carboxylic acid groups (broad SMARTS) is 1. The molecule has 0 fully saturated rings. The molecular weight excluding hydrogens is 218 g/mol. The molecule has 0 atom stereocenters. The largest absolute Gasteiger partial charge is 0.480 e. The molecule has 0 saturated heterocycles. The third-order valence-electron chi connectivity index (χ3n) is 2.80. The molecule has 0 bridgehead atoms. The van der Waals surface area contributed by atoms with E-state index in [4.69, 9.17) is 5.11 Å². The van der Waals surface area contributed by atoms with Crippen molar-refractivity contribution in [3.8, 4) is 0 Å². The molecule has 1 rings (SSSR count). The Morgan fingerprint density at radius 3 is 2.06 bits per heavy atom. The van der Waals surface area contributed by atoms with E-state index in [9.17, 15) is 9.59 Å². The number of hydrogen-bond acceptors (Lipinski definition) is 2. The molecule has 0 aliphatic heterocycles. The van der Waals surface area contributed by atoms with E-state index in [1.807, 2.05) is 19.1 Å². The second-order valence-corrected chi connectivity index (χ2v) is 4.63. The van der Waals surface area contributed by atoms with Crippen LogP contribution < -0.4 is 4.90 Å². The molecule has 0 radical (unpaired) electrons. The highest BCUT2D eigenvalue weighted by Gasteiger charge is 2.38. The van der Waals surface area contributed by atoms with Gasteiger partial charge in [0.05, 0.1) is 0 Å². The highest BCUT2D eigenvalue weighted by Crippen LogP contribution is 2.23. The third kappa shape index (κ3) is 2.64. The Kier molecular flexibility index (Phi) is 3.56. The van der Waals surface area contributed by atoms with Crippen LogP contribution in [0.15, 0.2) is 24.3 Å². The van der Waals surface area contributed by atoms with Crippen LogP contribution in [-0.4, -0.2) is 24.0 Å². The lowest BCUT2D eigenvalue weighted by Gasteiger charge is -2.26. The minimum absolute atomic E-state index is 0.436. The lowest BCUT2D eigenvalue weighted by atomic mass is 9.92. The molecule has 1 aromatic carbocycles. The summed E-state index contributed by atoms with van der Waals surface area (Å²) in [6.45, 7) is 4.76. The van der Waals surface area contributed by atoms with Gasteiger partial charge in [0.15, 0.2) is 0 Å². The smallest absolute Gasteiger partial charge is 0.318 e. The zero-order valence-corrected chi connectivity index (χ0v) is 10.5. The third-order valence-corrected chi connectivity index (χ3v) is 2.80. The van der Waals surface area contributed by atoms with Gasteiger partial charge < -0.3 is 10.0 Å². The van der Waals surface area contributed by atoms with Crippen LogP contribution in [0.3, 0.4) is 0 Å². The van der Waals surface area contributed by atoms with Gasteiger partial charge in [-0.2, -0.15) is 0 Å². The SMILES string of the molecule is Cc1ccc(N(C)C(=O)C(C)(C)C(=O)O)cc1. The van der Waals surface area contributed by atoms with Crippen LogP contribution in [0, 0.1) is 12.3 Å². The van der Waals surface area contributed by atoms with E-state index >= 15 is 0 Å². The zero-order valence-electron chi connectivity index (χ0n) is 10.5. The van der Waals surface area contributed by atoms with E-state index < -0.39 is 17.3 Å². The van der Waals surface area contributed by atoms with Crippen molar-refractivity contribution < 1.29 is 14.7 Å². The summed E-state index contributed by atoms with van der Waals surface area (Å²) >= 11 is 0. The van der Waals surface area contributed by atoms with Gasteiger partial charge in [-0.05, 0) is 32.9 Å². The summed E-state index contributed by atoms with van der Waals surface area (Å²) in [4.78, 5) is 24.4. The van der Waals surface area contributed by atoms with Gasteiger partial charge in [0, 0.05) is 12.7 Å². The number of hydrogen-bond donors (Lipinski definition) is 1. The van der Waals surface area contributed by atoms with Gasteiger partial charge in [-0.15, -0.1) is 0 Å². The van der Waals surface area contributed by atoms with Gasteiger partial charge in [-0.1, -0.05) is 17.7 Å². The van der Waals surface area contributed by atoms with Crippen LogP contribution >= 0.6 is 0 Å². The predicted molar refractivity (Wildman–Crippen MR) is 66.0 cm³/mol. The number of anilines is 1. The number of rotatable bonds is 3. The molecule has 0 unspecified atom stereocenters. The first kappa shape index (κ1) is 13.2. The van der Waals surface area contributed by atoms with Crippen LogP contribution in [0.4, 0.5) is 5.69 Å². The number of amides is 1. The molecule has 0 saturated carbocycles. The number of carboxylic acids is 1. The fraction of sp³-hybridized carbons (Fsp3) is 0.385. The molecule has 1 amide bonds. The lowest BCUT2D eigenvalue weighted by molar-refractivity contribution is -0.152. The number of carbonyl (C=O) groups is 2. The van der Waals surface area contributed by atoms with Gasteiger partial charge in [-0.3, -0.25) is 9.59 Å². The summed E-state index contributed by atoms with van der Waals surface area (Å²) in [6, 6.07) is 7.36. The second kappa shape index (κ2) is 4.57. The van der Waals surface area contributed by atoms with Crippen LogP contribution in [-0.2, 0) is 9.59 Å². The van der Waals surface area contributed by atoms with Gasteiger partial charge in [0.1, 0.15) is 5.41 Å². The average molecular weight is 235 g/mol. The van der Waals surface area contributed by atoms with Crippen molar-refractivity contribution >= 4 is 17.6 Å². The van der Waals surface area contributed by atoms with E-state index in [0.29, 0.717) is 5.69 Å². The standard InChI is InChI=1S/C13H17NO3/c1-9-5-7-10(8-6-9)14(4)11(15)13(2,3)12(16)17/h5-8H,1-4H3,(H,16,17). The molecule has 92 valence electrons. The number of carbonyl (C=O) groups excluding carboxylic acids is 1. The zero-order chi connectivity index (χ0) is 13.2. The Balaban J connectivity index is 2.98. The maximum absolute atomic E-state index is 12.0. The van der Waals surface area contributed by atoms with Crippen molar-refractivity contribution in [1.82, 2.24) is 0 Å². The van der Waals surface area contributed by atoms with Crippen LogP contribution in [0.25, 0.3) is 0 Å². The predicted octanol–water partition coefficient (Wildman–Crippen LogP) is 2.07. The van der Waals surface area contributed by atoms with Crippen molar-refractivity contribution in [2.24, 2.45) is 5.41 Å². The number of benzene rings is 1. The maximum Gasteiger partial charge on any atom is 0.318 e. The van der Waals surface area contributed by atoms with E-state index in [0.717, 1.165) is 5.56 Å². The highest BCUT2D eigenvalue weighted by atomic mass is 16.4. The summed E-state index contributed by atoms with van der Waals surface area (Å²) in [5, 5.41) is 9.00. The maximum atomic E-state index is 12.0. The summed E-state index contributed by atoms with van der Waals surface area (Å²) in [5.41, 5.74) is 0.363. The molecule has 4 heteroatoms. The van der Waals surface area contributed by atoms with Crippen molar-refractivity contribution in [2.45, 2.75) is 20.8 Å². The van der Waals surface area contributed by atoms with E-state index in [2.05, 4.69) is 0 Å². The van der Waals surface area contributed by atoms with E-state index in [-0.39, 0.29) is 0 Å². The fourth-order valence-corrected chi connectivity index (χ4v) is 1.40. The Labute approximate surface area is 101 Å². The minimum atomic E-state index is -1.42. The molecule has 0 aliphatic rings. The van der Waals surface area contributed by atoms with Crippen LogP contribution in [0.5, 0.6) is 0 Å². The normalized spacial score (nSPS) is 11.1. The quantitative estimate of drug-likeness (QED) is 0.816. The van der Waals surface area contributed by atoms with Crippen molar-refractivity contribution in [1.29, 1.82) is 0 Å². The molecular formula is C13H17NO3. The lowest BCUT2D eigenvalue weighted by Crippen LogP contribution is -2.43. The molecule has 0 spiro atoms. The van der Waals surface area contributed by atoms with E-state index in [1.54, 1.807) is 19.2 Å². The molecule has 1 N–H and O–H groups in total. The first-order valence-electron chi connectivity index (χ1n) is 5.35. The van der Waals surface area contributed by atoms with E-state index in [1.165, 1.54) is 18.7 Å². The summed E-state index contributed by atoms with van der Waals surface area (Å²) in [7, 11) is 1.58. The summed E-state index contributed by atoms with van der Waals surface area (Å²) < 4.78 is 0. The molecule has 0 aromatic heterocycles. The van der Waals surface area contributed by atoms with Gasteiger partial charge >= 0.3 is 5.97 Å². The number of aliphatic carboxylic acids is 1. The Hall–Kier alpha value is -1.84. The van der Waals surface area contributed by atoms with Gasteiger partial charge in [-0.25, -0.2) is 0 Å². The first-order valence-corrected chi connectivity index (χ1v) is 5.35. The molecule has 4 nitrogen and oxygen atoms in total. The summed E-state index contributed by atoms with van der Waals surface area (Å²) in [6.07, 6.45) is 0. The number of nitrogens with zero attached hydrogens (tertiary/aromatic N) is 1. The fourth-order valence-electron chi connectivity index (χ4n) is 1.40. The Morgan fingerprint density at radius 1 is 1.18 bits per heavy atom. The van der Waals surface area contributed by atoms with Crippen molar-refractivity contribution in [2.75, 3.05) is 11.9 Å². The molecule has 0 aliphatic carbocycles. The topological polar surface area (TPSA) is 57.6 Å². The molecule has 17 heavy (non-hydrogen) atoms. The molecule has 0 heterocycles.